The zero-order chi connectivity index (χ0) is 23.5. The van der Waals surface area contributed by atoms with Gasteiger partial charge in [-0.15, -0.1) is 10.2 Å². The van der Waals surface area contributed by atoms with E-state index in [1.165, 1.54) is 11.8 Å². The van der Waals surface area contributed by atoms with Crippen LogP contribution in [0.3, 0.4) is 0 Å². The highest BCUT2D eigenvalue weighted by Gasteiger charge is 2.19. The topological polar surface area (TPSA) is 116 Å². The molecule has 2 aromatic carbocycles. The highest BCUT2D eigenvalue weighted by atomic mass is 32.2. The molecule has 5 aromatic rings. The standard InChI is InChI=1S/C25H19N7OS/c1-16-7-2-5-11-21(16)32-24(17-8-6-12-27-14-17)30-31-25(32)34-15-22(33)18(13-26)23-28-19-9-3-4-10-20(19)29-23/h2-12,14,33H,15H2,1H3,(H,28,29). The maximum atomic E-state index is 10.8. The van der Waals surface area contributed by atoms with Gasteiger partial charge in [0.15, 0.2) is 16.8 Å². The molecule has 0 atom stereocenters. The highest BCUT2D eigenvalue weighted by molar-refractivity contribution is 7.99. The van der Waals surface area contributed by atoms with Crippen molar-refractivity contribution < 1.29 is 5.11 Å². The van der Waals surface area contributed by atoms with Crippen molar-refractivity contribution in [3.63, 3.8) is 0 Å². The Balaban J connectivity index is 1.51. The second-order valence-electron chi connectivity index (χ2n) is 7.49. The number of nitrogens with one attached hydrogen (secondary N) is 1. The van der Waals surface area contributed by atoms with Gasteiger partial charge >= 0.3 is 0 Å². The van der Waals surface area contributed by atoms with Crippen molar-refractivity contribution >= 4 is 28.4 Å². The Kier molecular flexibility index (Phi) is 5.81. The molecule has 0 bridgehead atoms. The van der Waals surface area contributed by atoms with Crippen molar-refractivity contribution in [3.05, 3.63) is 90.2 Å². The van der Waals surface area contributed by atoms with Crippen LogP contribution < -0.4 is 0 Å². The number of nitrogens with zero attached hydrogens (tertiary/aromatic N) is 6. The molecule has 5 rings (SSSR count). The van der Waals surface area contributed by atoms with Gasteiger partial charge in [0.25, 0.3) is 0 Å². The first-order chi connectivity index (χ1) is 16.7. The molecule has 0 saturated heterocycles. The minimum absolute atomic E-state index is 0.0891. The number of hydrogen-bond acceptors (Lipinski definition) is 7. The summed E-state index contributed by atoms with van der Waals surface area (Å²) in [6.45, 7) is 2.02. The largest absolute Gasteiger partial charge is 0.510 e. The number of aliphatic hydroxyl groups excluding tert-OH is 1. The molecule has 0 saturated carbocycles. The minimum atomic E-state index is -0.0891. The molecule has 0 aliphatic heterocycles. The number of para-hydroxylation sites is 3. The summed E-state index contributed by atoms with van der Waals surface area (Å²) in [4.78, 5) is 11.7. The number of aryl methyl sites for hydroxylation is 1. The Morgan fingerprint density at radius 3 is 2.68 bits per heavy atom. The molecule has 166 valence electrons. The lowest BCUT2D eigenvalue weighted by Gasteiger charge is -2.12. The quantitative estimate of drug-likeness (QED) is 0.204. The first kappa shape index (κ1) is 21.4. The molecule has 0 aliphatic rings. The maximum Gasteiger partial charge on any atom is 0.196 e. The van der Waals surface area contributed by atoms with Crippen molar-refractivity contribution in [3.8, 4) is 23.1 Å². The van der Waals surface area contributed by atoms with E-state index >= 15 is 0 Å². The van der Waals surface area contributed by atoms with E-state index in [9.17, 15) is 10.4 Å². The summed E-state index contributed by atoms with van der Waals surface area (Å²) >= 11 is 1.29. The van der Waals surface area contributed by atoms with E-state index in [0.29, 0.717) is 16.8 Å². The number of H-pyrrole nitrogens is 1. The third-order valence-electron chi connectivity index (χ3n) is 5.27. The van der Waals surface area contributed by atoms with Crippen LogP contribution in [-0.2, 0) is 0 Å². The average Bonchev–Trinajstić information content (AvgIpc) is 3.48. The Labute approximate surface area is 199 Å². The average molecular weight is 466 g/mol. The Morgan fingerprint density at radius 1 is 1.09 bits per heavy atom. The number of rotatable bonds is 6. The van der Waals surface area contributed by atoms with Gasteiger partial charge in [-0.05, 0) is 42.8 Å². The Morgan fingerprint density at radius 2 is 1.91 bits per heavy atom. The van der Waals surface area contributed by atoms with Gasteiger partial charge in [0, 0.05) is 18.0 Å². The van der Waals surface area contributed by atoms with E-state index in [4.69, 9.17) is 0 Å². The number of hydrogen-bond donors (Lipinski definition) is 2. The number of fused-ring (bicyclic) bond motifs is 1. The van der Waals surface area contributed by atoms with Crippen LogP contribution in [0.4, 0.5) is 0 Å². The van der Waals surface area contributed by atoms with Crippen LogP contribution in [-0.4, -0.2) is 40.6 Å². The molecule has 0 amide bonds. The normalized spacial score (nSPS) is 11.9. The van der Waals surface area contributed by atoms with E-state index in [0.717, 1.165) is 27.8 Å². The molecule has 0 fully saturated rings. The number of thioether (sulfide) groups is 1. The molecule has 0 spiro atoms. The van der Waals surface area contributed by atoms with Gasteiger partial charge in [-0.1, -0.05) is 42.1 Å². The molecule has 3 heterocycles. The van der Waals surface area contributed by atoms with Gasteiger partial charge in [-0.2, -0.15) is 5.26 Å². The minimum Gasteiger partial charge on any atom is -0.510 e. The van der Waals surface area contributed by atoms with Gasteiger partial charge in [-0.25, -0.2) is 4.98 Å². The Bertz CT molecular complexity index is 1510. The van der Waals surface area contributed by atoms with Gasteiger partial charge in [-0.3, -0.25) is 9.55 Å². The van der Waals surface area contributed by atoms with Crippen LogP contribution in [0.1, 0.15) is 11.4 Å². The van der Waals surface area contributed by atoms with Gasteiger partial charge in [0.1, 0.15) is 17.4 Å². The number of nitriles is 1. The second kappa shape index (κ2) is 9.21. The summed E-state index contributed by atoms with van der Waals surface area (Å²) in [5.74, 6) is 1.01. The predicted molar refractivity (Wildman–Crippen MR) is 131 cm³/mol. The van der Waals surface area contributed by atoms with Gasteiger partial charge < -0.3 is 10.1 Å². The highest BCUT2D eigenvalue weighted by Crippen LogP contribution is 2.30. The zero-order valence-corrected chi connectivity index (χ0v) is 19.0. The molecule has 0 unspecified atom stereocenters. The van der Waals surface area contributed by atoms with Crippen LogP contribution in [0.15, 0.2) is 84.0 Å². The molecule has 3 aromatic heterocycles. The van der Waals surface area contributed by atoms with Crippen molar-refractivity contribution in [1.82, 2.24) is 29.7 Å². The fourth-order valence-electron chi connectivity index (χ4n) is 3.61. The summed E-state index contributed by atoms with van der Waals surface area (Å²) in [6.07, 6.45) is 3.44. The second-order valence-corrected chi connectivity index (χ2v) is 8.44. The lowest BCUT2D eigenvalue weighted by molar-refractivity contribution is 0.420. The lowest BCUT2D eigenvalue weighted by atomic mass is 10.2. The SMILES string of the molecule is Cc1ccccc1-n1c(SCC(O)=C(C#N)c2nc3ccccc3[nH]2)nnc1-c1cccnc1. The number of aromatic amines is 1. The van der Waals surface area contributed by atoms with Crippen LogP contribution in [0.5, 0.6) is 0 Å². The molecule has 0 radical (unpaired) electrons. The Hall–Kier alpha value is -4.42. The summed E-state index contributed by atoms with van der Waals surface area (Å²) in [5.41, 5.74) is 4.42. The third-order valence-corrected chi connectivity index (χ3v) is 6.21. The lowest BCUT2D eigenvalue weighted by Crippen LogP contribution is -2.03. The van der Waals surface area contributed by atoms with Crippen molar-refractivity contribution in [2.24, 2.45) is 0 Å². The first-order valence-corrected chi connectivity index (χ1v) is 11.5. The number of imidazole rings is 1. The molecule has 2 N–H and O–H groups in total. The summed E-state index contributed by atoms with van der Waals surface area (Å²) < 4.78 is 1.94. The van der Waals surface area contributed by atoms with Crippen LogP contribution in [0.25, 0.3) is 33.7 Å². The molecular formula is C25H19N7OS. The fourth-order valence-corrected chi connectivity index (χ4v) is 4.43. The maximum absolute atomic E-state index is 10.8. The summed E-state index contributed by atoms with van der Waals surface area (Å²) in [7, 11) is 0. The van der Waals surface area contributed by atoms with Crippen molar-refractivity contribution in [1.29, 1.82) is 5.26 Å². The van der Waals surface area contributed by atoms with Gasteiger partial charge in [0.05, 0.1) is 22.5 Å². The summed E-state index contributed by atoms with van der Waals surface area (Å²) in [6, 6.07) is 21.3. The first-order valence-electron chi connectivity index (χ1n) is 10.5. The van der Waals surface area contributed by atoms with E-state index in [2.05, 4.69) is 31.2 Å². The molecular weight excluding hydrogens is 446 g/mol. The summed E-state index contributed by atoms with van der Waals surface area (Å²) in [5, 5.41) is 29.9. The smallest absolute Gasteiger partial charge is 0.196 e. The fraction of sp³-hybridized carbons (Fsp3) is 0.0800. The number of pyridine rings is 1. The van der Waals surface area contributed by atoms with E-state index in [1.54, 1.807) is 12.4 Å². The van der Waals surface area contributed by atoms with Crippen LogP contribution in [0, 0.1) is 18.3 Å². The van der Waals surface area contributed by atoms with E-state index in [-0.39, 0.29) is 17.1 Å². The van der Waals surface area contributed by atoms with E-state index in [1.807, 2.05) is 72.2 Å². The van der Waals surface area contributed by atoms with E-state index < -0.39 is 0 Å². The van der Waals surface area contributed by atoms with Crippen LogP contribution in [0.2, 0.25) is 0 Å². The van der Waals surface area contributed by atoms with Crippen molar-refractivity contribution in [2.45, 2.75) is 12.1 Å². The number of allylic oxidation sites excluding steroid dienone is 1. The molecule has 8 nitrogen and oxygen atoms in total. The number of aliphatic hydroxyl groups is 1. The monoisotopic (exact) mass is 465 g/mol. The number of aromatic nitrogens is 6. The molecule has 34 heavy (non-hydrogen) atoms. The van der Waals surface area contributed by atoms with Crippen molar-refractivity contribution in [2.75, 3.05) is 5.75 Å². The predicted octanol–water partition coefficient (Wildman–Crippen LogP) is 5.10. The van der Waals surface area contributed by atoms with Crippen LogP contribution >= 0.6 is 11.8 Å². The third kappa shape index (κ3) is 4.02. The molecule has 9 heteroatoms. The molecule has 0 aliphatic carbocycles. The number of benzene rings is 2. The zero-order valence-electron chi connectivity index (χ0n) is 18.2. The van der Waals surface area contributed by atoms with Gasteiger partial charge in [0.2, 0.25) is 0 Å².